The molecular weight excluding hydrogens is 579 g/mol. The molecule has 0 radical (unpaired) electrons. The van der Waals surface area contributed by atoms with Gasteiger partial charge in [-0.25, -0.2) is 0 Å². The van der Waals surface area contributed by atoms with Crippen molar-refractivity contribution in [2.75, 3.05) is 7.11 Å². The van der Waals surface area contributed by atoms with Crippen LogP contribution in [0.1, 0.15) is 11.1 Å². The fraction of sp³-hybridized carbons (Fsp3) is 0.0833. The Bertz CT molecular complexity index is 1590. The van der Waals surface area contributed by atoms with E-state index in [0.717, 1.165) is 4.90 Å². The van der Waals surface area contributed by atoms with Gasteiger partial charge in [-0.15, -0.1) is 0 Å². The maximum atomic E-state index is 12.9. The summed E-state index contributed by atoms with van der Waals surface area (Å²) in [5.74, 6) is -0.968. The summed E-state index contributed by atoms with van der Waals surface area (Å²) in [6, 6.07) is 13.9. The number of imide groups is 1. The number of hydrogen-bond acceptors (Lipinski definition) is 9. The zero-order valence-corrected chi connectivity index (χ0v) is 22.4. The summed E-state index contributed by atoms with van der Waals surface area (Å²) in [6.07, 6.45) is 1.37. The van der Waals surface area contributed by atoms with Gasteiger partial charge < -0.3 is 8.92 Å². The fourth-order valence-corrected chi connectivity index (χ4v) is 5.67. The van der Waals surface area contributed by atoms with Crippen LogP contribution in [-0.4, -0.2) is 36.5 Å². The quantitative estimate of drug-likeness (QED) is 0.135. The van der Waals surface area contributed by atoms with Gasteiger partial charge in [0.15, 0.2) is 5.75 Å². The summed E-state index contributed by atoms with van der Waals surface area (Å²) in [5, 5.41) is 10.9. The molecule has 0 aromatic heterocycles. The first-order chi connectivity index (χ1) is 18.0. The second kappa shape index (κ2) is 11.0. The van der Waals surface area contributed by atoms with Gasteiger partial charge in [-0.1, -0.05) is 41.4 Å². The van der Waals surface area contributed by atoms with Gasteiger partial charge >= 0.3 is 10.1 Å². The molecule has 10 nitrogen and oxygen atoms in total. The van der Waals surface area contributed by atoms with Gasteiger partial charge in [0.05, 0.1) is 28.5 Å². The third-order valence-corrected chi connectivity index (χ3v) is 7.91. The minimum Gasteiger partial charge on any atom is -0.493 e. The second-order valence-corrected chi connectivity index (χ2v) is 11.1. The van der Waals surface area contributed by atoms with Gasteiger partial charge in [-0.05, 0) is 59.8 Å². The number of carbonyl (C=O) groups excluding carboxylic acids is 2. The fourth-order valence-electron chi connectivity index (χ4n) is 3.44. The van der Waals surface area contributed by atoms with Crippen LogP contribution in [0.2, 0.25) is 10.0 Å². The van der Waals surface area contributed by atoms with Crippen LogP contribution in [0.5, 0.6) is 11.5 Å². The van der Waals surface area contributed by atoms with Crippen molar-refractivity contribution < 1.29 is 31.9 Å². The van der Waals surface area contributed by atoms with E-state index in [1.54, 1.807) is 6.07 Å². The van der Waals surface area contributed by atoms with E-state index < -0.39 is 26.2 Å². The normalized spacial score (nSPS) is 14.7. The van der Waals surface area contributed by atoms with Crippen molar-refractivity contribution in [3.8, 4) is 11.5 Å². The molecule has 0 saturated carbocycles. The molecule has 2 amide bonds. The summed E-state index contributed by atoms with van der Waals surface area (Å²) in [6.45, 7) is -0.279. The van der Waals surface area contributed by atoms with E-state index in [2.05, 4.69) is 0 Å². The molecule has 0 spiro atoms. The van der Waals surface area contributed by atoms with E-state index in [-0.39, 0.29) is 44.1 Å². The van der Waals surface area contributed by atoms with Crippen molar-refractivity contribution in [1.82, 2.24) is 4.90 Å². The van der Waals surface area contributed by atoms with Crippen LogP contribution in [0.4, 0.5) is 10.5 Å². The lowest BCUT2D eigenvalue weighted by atomic mass is 10.1. The lowest BCUT2D eigenvalue weighted by Crippen LogP contribution is -2.27. The molecule has 0 N–H and O–H groups in total. The zero-order chi connectivity index (χ0) is 27.6. The Hall–Kier alpha value is -3.58. The first-order valence-electron chi connectivity index (χ1n) is 10.6. The van der Waals surface area contributed by atoms with Crippen LogP contribution in [0.25, 0.3) is 6.08 Å². The molecule has 1 fully saturated rings. The summed E-state index contributed by atoms with van der Waals surface area (Å²) < 4.78 is 35.9. The molecule has 14 heteroatoms. The molecule has 3 aromatic rings. The number of nitro groups is 1. The largest absolute Gasteiger partial charge is 0.493 e. The molecule has 0 atom stereocenters. The molecule has 1 heterocycles. The number of halogens is 2. The van der Waals surface area contributed by atoms with E-state index >= 15 is 0 Å². The number of rotatable bonds is 8. The molecule has 1 aliphatic heterocycles. The summed E-state index contributed by atoms with van der Waals surface area (Å²) in [7, 11) is -3.00. The van der Waals surface area contributed by atoms with Crippen molar-refractivity contribution in [2.24, 2.45) is 0 Å². The Labute approximate surface area is 231 Å². The topological polar surface area (TPSA) is 133 Å². The highest BCUT2D eigenvalue weighted by atomic mass is 35.5. The number of hydrogen-bond donors (Lipinski definition) is 0. The molecule has 38 heavy (non-hydrogen) atoms. The van der Waals surface area contributed by atoms with Gasteiger partial charge in [-0.2, -0.15) is 8.42 Å². The number of thioether (sulfide) groups is 1. The maximum absolute atomic E-state index is 12.9. The molecule has 4 rings (SSSR count). The Kier molecular flexibility index (Phi) is 7.97. The van der Waals surface area contributed by atoms with Gasteiger partial charge in [0.25, 0.3) is 16.8 Å². The van der Waals surface area contributed by atoms with Crippen molar-refractivity contribution >= 4 is 68.0 Å². The van der Waals surface area contributed by atoms with E-state index in [1.165, 1.54) is 67.8 Å². The number of ether oxygens (including phenoxy) is 1. The highest BCUT2D eigenvalue weighted by Gasteiger charge is 2.36. The van der Waals surface area contributed by atoms with Gasteiger partial charge in [0.1, 0.15) is 4.90 Å². The van der Waals surface area contributed by atoms with Crippen LogP contribution in [0.15, 0.2) is 70.5 Å². The molecule has 0 unspecified atom stereocenters. The number of nitrogens with zero attached hydrogens (tertiary/aromatic N) is 2. The Morgan fingerprint density at radius 1 is 1.08 bits per heavy atom. The minimum atomic E-state index is -4.28. The van der Waals surface area contributed by atoms with E-state index in [1.807, 2.05) is 0 Å². The van der Waals surface area contributed by atoms with E-state index in [0.29, 0.717) is 22.3 Å². The number of benzene rings is 3. The highest BCUT2D eigenvalue weighted by molar-refractivity contribution is 8.18. The predicted octanol–water partition coefficient (Wildman–Crippen LogP) is 5.91. The first kappa shape index (κ1) is 27.5. The summed E-state index contributed by atoms with van der Waals surface area (Å²) in [4.78, 5) is 37.0. The van der Waals surface area contributed by atoms with Crippen LogP contribution >= 0.6 is 35.0 Å². The molecular formula is C24H16Cl2N2O8S2. The van der Waals surface area contributed by atoms with Crippen LogP contribution in [0, 0.1) is 10.1 Å². The molecule has 0 aliphatic carbocycles. The van der Waals surface area contributed by atoms with Crippen LogP contribution < -0.4 is 8.92 Å². The van der Waals surface area contributed by atoms with Crippen molar-refractivity contribution in [3.05, 3.63) is 96.9 Å². The predicted molar refractivity (Wildman–Crippen MR) is 142 cm³/mol. The summed E-state index contributed by atoms with van der Waals surface area (Å²) >= 11 is 12.8. The second-order valence-electron chi connectivity index (χ2n) is 7.68. The molecule has 1 saturated heterocycles. The number of nitro benzene ring substituents is 1. The minimum absolute atomic E-state index is 0.0363. The van der Waals surface area contributed by atoms with Crippen LogP contribution in [-0.2, 0) is 21.5 Å². The SMILES string of the molecule is COc1cc(/C=C2\SC(=O)N(Cc3ccccc3[N+](=O)[O-])C2=O)cc(Cl)c1OS(=O)(=O)c1ccc(Cl)cc1. The zero-order valence-electron chi connectivity index (χ0n) is 19.3. The van der Waals surface area contributed by atoms with Gasteiger partial charge in [0.2, 0.25) is 5.75 Å². The lowest BCUT2D eigenvalue weighted by molar-refractivity contribution is -0.385. The van der Waals surface area contributed by atoms with Crippen LogP contribution in [0.3, 0.4) is 0 Å². The number of carbonyl (C=O) groups is 2. The monoisotopic (exact) mass is 594 g/mol. The Morgan fingerprint density at radius 2 is 1.76 bits per heavy atom. The number of amides is 2. The number of para-hydroxylation sites is 1. The van der Waals surface area contributed by atoms with Crippen molar-refractivity contribution in [2.45, 2.75) is 11.4 Å². The third kappa shape index (κ3) is 5.78. The van der Waals surface area contributed by atoms with Gasteiger partial charge in [-0.3, -0.25) is 24.6 Å². The molecule has 196 valence electrons. The smallest absolute Gasteiger partial charge is 0.339 e. The Balaban J connectivity index is 1.61. The van der Waals surface area contributed by atoms with Gasteiger partial charge in [0, 0.05) is 16.7 Å². The standard InChI is InChI=1S/C24H16Cl2N2O8S2/c1-35-20-11-14(10-18(26)22(20)36-38(33,34)17-8-6-16(25)7-9-17)12-21-23(29)27(24(30)37-21)13-15-4-2-3-5-19(15)28(31)32/h2-12H,13H2,1H3/b21-12-. The van der Waals surface area contributed by atoms with E-state index in [9.17, 15) is 28.1 Å². The third-order valence-electron chi connectivity index (χ3n) is 5.24. The average Bonchev–Trinajstić information content (AvgIpc) is 3.13. The van der Waals surface area contributed by atoms with Crippen molar-refractivity contribution in [3.63, 3.8) is 0 Å². The maximum Gasteiger partial charge on any atom is 0.339 e. The summed E-state index contributed by atoms with van der Waals surface area (Å²) in [5.41, 5.74) is 0.310. The highest BCUT2D eigenvalue weighted by Crippen LogP contribution is 2.40. The lowest BCUT2D eigenvalue weighted by Gasteiger charge is -2.14. The molecule has 0 bridgehead atoms. The molecule has 1 aliphatic rings. The van der Waals surface area contributed by atoms with Crippen molar-refractivity contribution in [1.29, 1.82) is 0 Å². The average molecular weight is 595 g/mol. The van der Waals surface area contributed by atoms with E-state index in [4.69, 9.17) is 32.1 Å². The Morgan fingerprint density at radius 3 is 2.42 bits per heavy atom. The first-order valence-corrected chi connectivity index (χ1v) is 13.5. The number of methoxy groups -OCH3 is 1. The molecule has 3 aromatic carbocycles.